The minimum atomic E-state index is -0.850. The molecule has 0 spiro atoms. The predicted molar refractivity (Wildman–Crippen MR) is 452 cm³/mol. The van der Waals surface area contributed by atoms with Crippen molar-refractivity contribution in [3.8, 4) is 0 Å². The fourth-order valence-corrected chi connectivity index (χ4v) is 17.2. The van der Waals surface area contributed by atoms with Crippen molar-refractivity contribution in [2.75, 3.05) is 108 Å². The number of halogens is 6. The van der Waals surface area contributed by atoms with Crippen LogP contribution in [-0.4, -0.2) is 177 Å². The average Bonchev–Trinajstić information content (AvgIpc) is 1.53. The number of rotatable bonds is 26. The number of anilines is 2. The molecule has 6 aliphatic rings. The third-order valence-corrected chi connectivity index (χ3v) is 25.1. The van der Waals surface area contributed by atoms with Crippen LogP contribution in [0.4, 0.5) is 24.8 Å². The molecule has 0 amide bonds. The van der Waals surface area contributed by atoms with E-state index < -0.39 is 5.97 Å². The number of esters is 1. The summed E-state index contributed by atoms with van der Waals surface area (Å²) in [6.07, 6.45) is 9.93. The second kappa shape index (κ2) is 39.2. The molecule has 0 bridgehead atoms. The highest BCUT2D eigenvalue weighted by molar-refractivity contribution is 6.32. The summed E-state index contributed by atoms with van der Waals surface area (Å²) in [5.41, 5.74) is 13.0. The van der Waals surface area contributed by atoms with Crippen LogP contribution in [0.3, 0.4) is 0 Å². The largest absolute Gasteiger partial charge is 0.478 e. The molecule has 3 saturated heterocycles. The molecule has 7 heterocycles. The molecule has 2 aromatic heterocycles. The lowest BCUT2D eigenvalue weighted by Gasteiger charge is -2.46. The molecule has 14 rings (SSSR count). The normalized spacial score (nSPS) is 18.1. The monoisotopic (exact) mass is 1610 g/mol. The van der Waals surface area contributed by atoms with Gasteiger partial charge in [0.1, 0.15) is 41.9 Å². The number of fused-ring (bicyclic) bond motifs is 1. The van der Waals surface area contributed by atoms with Crippen LogP contribution < -0.4 is 9.80 Å². The summed E-state index contributed by atoms with van der Waals surface area (Å²) < 4.78 is 48.5. The Kier molecular flexibility index (Phi) is 29.3. The Bertz CT molecular complexity index is 4550. The molecule has 114 heavy (non-hydrogen) atoms. The van der Waals surface area contributed by atoms with Crippen LogP contribution in [-0.2, 0) is 86.3 Å². The van der Waals surface area contributed by atoms with Crippen molar-refractivity contribution in [2.45, 2.75) is 140 Å². The second-order valence-electron chi connectivity index (χ2n) is 32.4. The topological polar surface area (TPSA) is 122 Å². The Hall–Kier alpha value is -8.18. The average molecular weight is 1610 g/mol. The number of nitrogens with zero attached hydrogens (tertiary/aromatic N) is 12. The van der Waals surface area contributed by atoms with Gasteiger partial charge in [-0.3, -0.25) is 39.1 Å². The van der Waals surface area contributed by atoms with Gasteiger partial charge in [-0.1, -0.05) is 173 Å². The summed E-state index contributed by atoms with van der Waals surface area (Å²) in [4.78, 5) is 57.0. The van der Waals surface area contributed by atoms with E-state index in [1.807, 2.05) is 48.9 Å². The van der Waals surface area contributed by atoms with E-state index in [4.69, 9.17) is 39.5 Å². The molecule has 1 atom stereocenters. The van der Waals surface area contributed by atoms with Crippen molar-refractivity contribution in [3.63, 3.8) is 0 Å². The molecule has 16 nitrogen and oxygen atoms in total. The summed E-state index contributed by atoms with van der Waals surface area (Å²) in [6, 6.07) is 46.9. The van der Waals surface area contributed by atoms with Crippen LogP contribution in [0, 0.1) is 41.1 Å². The number of carboxylic acid groups (broad SMARTS) is 1. The van der Waals surface area contributed by atoms with Crippen molar-refractivity contribution in [3.05, 3.63) is 288 Å². The molecule has 605 valence electrons. The lowest BCUT2D eigenvalue weighted by molar-refractivity contribution is -0.148. The van der Waals surface area contributed by atoms with Crippen molar-refractivity contribution < 1.29 is 32.6 Å². The predicted octanol–water partition coefficient (Wildman–Crippen LogP) is 17.1. The number of carboxylic acids is 1. The van der Waals surface area contributed by atoms with Gasteiger partial charge in [0.15, 0.2) is 0 Å². The Labute approximate surface area is 688 Å². The fourth-order valence-electron chi connectivity index (χ4n) is 16.5. The molecule has 1 unspecified atom stereocenters. The third kappa shape index (κ3) is 21.5. The first-order valence-electron chi connectivity index (χ1n) is 40.2. The summed E-state index contributed by atoms with van der Waals surface area (Å²) in [5, 5.41) is 11.2. The molecule has 8 aromatic rings. The molecule has 4 fully saturated rings. The van der Waals surface area contributed by atoms with Gasteiger partial charge < -0.3 is 24.5 Å². The van der Waals surface area contributed by atoms with Gasteiger partial charge in [-0.15, -0.1) is 0 Å². The Morgan fingerprint density at radius 2 is 1.01 bits per heavy atom. The third-order valence-electron chi connectivity index (χ3n) is 24.1. The number of hydrogen-bond acceptors (Lipinski definition) is 15. The van der Waals surface area contributed by atoms with E-state index >= 15 is 0 Å². The number of benzene rings is 6. The minimum Gasteiger partial charge on any atom is -0.478 e. The quantitative estimate of drug-likeness (QED) is 0.0517. The smallest absolute Gasteiger partial charge is 0.335 e. The van der Waals surface area contributed by atoms with E-state index in [0.717, 1.165) is 167 Å². The first-order chi connectivity index (χ1) is 54.8. The molecular weight excluding hydrogens is 1500 g/mol. The maximum Gasteiger partial charge on any atom is 0.335 e. The summed E-state index contributed by atoms with van der Waals surface area (Å²) >= 11 is 18.7. The Morgan fingerprint density at radius 3 is 1.49 bits per heavy atom. The molecule has 6 aromatic carbocycles. The molecule has 1 saturated carbocycles. The molecule has 1 aliphatic carbocycles. The maximum absolute atomic E-state index is 14.3. The van der Waals surface area contributed by atoms with Crippen molar-refractivity contribution in [1.29, 1.82) is 0 Å². The highest BCUT2D eigenvalue weighted by atomic mass is 35.5. The Balaban J connectivity index is 0.000000160. The van der Waals surface area contributed by atoms with Crippen LogP contribution in [0.15, 0.2) is 182 Å². The van der Waals surface area contributed by atoms with Crippen LogP contribution in [0.1, 0.15) is 122 Å². The first kappa shape index (κ1) is 85.2. The summed E-state index contributed by atoms with van der Waals surface area (Å²) in [5.74, 6) is 0.128. The molecule has 1 radical (unpaired) electrons. The van der Waals surface area contributed by atoms with Crippen LogP contribution in [0.25, 0.3) is 0 Å². The van der Waals surface area contributed by atoms with E-state index in [1.54, 1.807) is 42.5 Å². The van der Waals surface area contributed by atoms with Gasteiger partial charge in [0.25, 0.3) is 0 Å². The molecule has 5 aliphatic heterocycles. The minimum absolute atomic E-state index is 0.0355. The number of carbonyl (C=O) groups is 2. The molecular formula is C92H111Cl3F3N12O4. The number of piperazine rings is 3. The maximum atomic E-state index is 14.3. The van der Waals surface area contributed by atoms with Crippen molar-refractivity contribution >= 4 is 58.4 Å². The molecule has 1 N–H and O–H groups in total. The van der Waals surface area contributed by atoms with Crippen molar-refractivity contribution in [1.82, 2.24) is 49.2 Å². The lowest BCUT2D eigenvalue weighted by atomic mass is 9.96. The fraction of sp³-hybridized carbons (Fsp3) is 0.424. The van der Waals surface area contributed by atoms with Gasteiger partial charge in [0.05, 0.1) is 11.5 Å². The van der Waals surface area contributed by atoms with Crippen LogP contribution >= 0.6 is 34.8 Å². The number of aromatic nitrogens is 2. The lowest BCUT2D eigenvalue weighted by Crippen LogP contribution is -2.57. The van der Waals surface area contributed by atoms with Gasteiger partial charge in [-0.2, -0.15) is 0 Å². The number of carbonyl (C=O) groups excluding carboxylic acids is 1. The van der Waals surface area contributed by atoms with E-state index in [-0.39, 0.29) is 59.0 Å². The van der Waals surface area contributed by atoms with Gasteiger partial charge >= 0.3 is 11.9 Å². The zero-order chi connectivity index (χ0) is 80.8. The summed E-state index contributed by atoms with van der Waals surface area (Å²) in [7, 11) is 0. The van der Waals surface area contributed by atoms with Crippen molar-refractivity contribution in [2.24, 2.45) is 16.7 Å². The van der Waals surface area contributed by atoms with E-state index in [9.17, 15) is 27.9 Å². The zero-order valence-electron chi connectivity index (χ0n) is 67.4. The van der Waals surface area contributed by atoms with Gasteiger partial charge in [0, 0.05) is 206 Å². The molecule has 22 heteroatoms. The SMILES string of the molecule is CC(C)N1C=CC=C(C(=O)O)C1N1CCN(Cc2ccc3c(c2)CCN(Cc2c(F)cccc2Cl)C3)CC1.CCN(Cc1ccc(CN2CCN(c3ncccc3COC(=O)C3C(C)(C)C3(C)C)CC2)cc1)Cc1c(F)cccc1Cl.[CH2]c1cccnc1N1CCN(Cc2ccc(CN(CC)Cc3c(F)cccc3Cl)cc2)CC1. The highest BCUT2D eigenvalue weighted by Crippen LogP contribution is 2.68. The standard InChI is InChI=1S/C35H44ClFN4O2.C30H36ClFN4O2.C27H31ClFN4/c1-6-39(23-28-29(36)10-7-11-30(28)37)21-25-12-14-26(15-13-25)22-40-17-19-41(20-18-40)32-27(9-8-16-38-32)24-43-33(42)31-34(2,3)35(31,4)5;1-21(2)36-11-4-5-25(30(37)38)29(36)35-15-13-33(14-16-35)18-22-8-9-24-19-34(12-10-23(24)17-22)20-26-27(31)6-3-7-28(26)32;1-3-31(20-24-25(28)7-4-8-26(24)29)18-22-9-11-23(12-10-22)19-32-14-16-33(17-15-32)27-21(2)6-5-13-30-27/h7-16,31H,6,17-24H2,1-5H3;3-9,11,17,21,29H,10,12-16,18-20H2,1-2H3,(H,37,38);4-13H,2-3,14-20H2,1H3. The van der Waals surface area contributed by atoms with Gasteiger partial charge in [0.2, 0.25) is 0 Å². The Morgan fingerprint density at radius 1 is 0.544 bits per heavy atom. The van der Waals surface area contributed by atoms with Crippen LogP contribution in [0.2, 0.25) is 15.1 Å². The van der Waals surface area contributed by atoms with E-state index in [0.29, 0.717) is 57.0 Å². The highest BCUT2D eigenvalue weighted by Gasteiger charge is 2.69. The number of hydrogen-bond donors (Lipinski definition) is 1. The van der Waals surface area contributed by atoms with E-state index in [2.05, 4.69) is 188 Å². The zero-order valence-corrected chi connectivity index (χ0v) is 69.6. The first-order valence-corrected chi connectivity index (χ1v) is 41.4. The van der Waals surface area contributed by atoms with Crippen LogP contribution in [0.5, 0.6) is 0 Å². The number of allylic oxidation sites excluding steroid dienone is 2. The number of ether oxygens (including phenoxy) is 1. The summed E-state index contributed by atoms with van der Waals surface area (Å²) in [6.45, 7) is 41.2. The number of pyridine rings is 2. The van der Waals surface area contributed by atoms with E-state index in [1.165, 1.54) is 57.1 Å². The number of aliphatic carboxylic acids is 1. The van der Waals surface area contributed by atoms with Gasteiger partial charge in [-0.05, 0) is 156 Å². The van der Waals surface area contributed by atoms with Gasteiger partial charge in [-0.25, -0.2) is 27.9 Å². The second-order valence-corrected chi connectivity index (χ2v) is 33.6.